The fourth-order valence-corrected chi connectivity index (χ4v) is 5.60. The van der Waals surface area contributed by atoms with Gasteiger partial charge in [0.25, 0.3) is 5.91 Å². The molecule has 3 aromatic rings. The predicted octanol–water partition coefficient (Wildman–Crippen LogP) is 2.78. The molecule has 0 radical (unpaired) electrons. The van der Waals surface area contributed by atoms with Crippen LogP contribution in [0.15, 0.2) is 60.7 Å². The van der Waals surface area contributed by atoms with E-state index in [1.165, 1.54) is 4.68 Å². The second kappa shape index (κ2) is 9.13. The van der Waals surface area contributed by atoms with Gasteiger partial charge in [-0.3, -0.25) is 20.4 Å². The number of amides is 2. The third-order valence-electron chi connectivity index (χ3n) is 5.20. The SMILES string of the molecule is O=C(CC1CCS(=O)(=O)C1)NNC(=O)c1cc(-c2ccc(Cl)cc2)nn1-c1ccccc1. The lowest BCUT2D eigenvalue weighted by Crippen LogP contribution is -2.43. The number of nitrogens with one attached hydrogen (secondary N) is 2. The molecule has 2 heterocycles. The number of hydrogen-bond acceptors (Lipinski definition) is 5. The van der Waals surface area contributed by atoms with Crippen molar-refractivity contribution in [3.05, 3.63) is 71.4 Å². The van der Waals surface area contributed by atoms with Crippen molar-refractivity contribution in [3.63, 3.8) is 0 Å². The second-order valence-corrected chi connectivity index (χ2v) is 10.3. The predicted molar refractivity (Wildman–Crippen MR) is 121 cm³/mol. The van der Waals surface area contributed by atoms with E-state index >= 15 is 0 Å². The molecule has 2 amide bonds. The van der Waals surface area contributed by atoms with Gasteiger partial charge in [-0.05, 0) is 42.7 Å². The summed E-state index contributed by atoms with van der Waals surface area (Å²) in [5, 5.41) is 5.15. The summed E-state index contributed by atoms with van der Waals surface area (Å²) in [5.74, 6) is -1.12. The summed E-state index contributed by atoms with van der Waals surface area (Å²) in [5.41, 5.74) is 7.04. The highest BCUT2D eigenvalue weighted by Gasteiger charge is 2.29. The Morgan fingerprint density at radius 2 is 1.78 bits per heavy atom. The van der Waals surface area contributed by atoms with Crippen LogP contribution < -0.4 is 10.9 Å². The molecule has 0 saturated carbocycles. The van der Waals surface area contributed by atoms with Crippen molar-refractivity contribution in [2.24, 2.45) is 5.92 Å². The first-order chi connectivity index (χ1) is 15.3. The van der Waals surface area contributed by atoms with Gasteiger partial charge in [-0.1, -0.05) is 41.9 Å². The van der Waals surface area contributed by atoms with Gasteiger partial charge < -0.3 is 0 Å². The van der Waals surface area contributed by atoms with Crippen LogP contribution in [0.1, 0.15) is 23.3 Å². The van der Waals surface area contributed by atoms with Crippen molar-refractivity contribution >= 4 is 33.3 Å². The number of para-hydroxylation sites is 1. The number of benzene rings is 2. The molecule has 0 aliphatic carbocycles. The summed E-state index contributed by atoms with van der Waals surface area (Å²) < 4.78 is 24.6. The Bertz CT molecular complexity index is 1240. The molecule has 1 aromatic heterocycles. The summed E-state index contributed by atoms with van der Waals surface area (Å²) >= 11 is 5.97. The topological polar surface area (TPSA) is 110 Å². The quantitative estimate of drug-likeness (QED) is 0.555. The van der Waals surface area contributed by atoms with Crippen molar-refractivity contribution in [2.75, 3.05) is 11.5 Å². The van der Waals surface area contributed by atoms with Crippen molar-refractivity contribution in [1.82, 2.24) is 20.6 Å². The van der Waals surface area contributed by atoms with Crippen molar-refractivity contribution < 1.29 is 18.0 Å². The molecular weight excluding hydrogens is 452 g/mol. The summed E-state index contributed by atoms with van der Waals surface area (Å²) in [4.78, 5) is 25.1. The number of hydrogen-bond donors (Lipinski definition) is 2. The standard InChI is InChI=1S/C22H21ClN4O4S/c23-17-8-6-16(7-9-17)19-13-20(27(26-19)18-4-2-1-3-5-18)22(29)25-24-21(28)12-15-10-11-32(30,31)14-15/h1-9,13,15H,10-12,14H2,(H,24,28)(H,25,29). The number of rotatable bonds is 5. The Morgan fingerprint density at radius 1 is 1.06 bits per heavy atom. The van der Waals surface area contributed by atoms with E-state index in [1.807, 2.05) is 30.3 Å². The molecule has 10 heteroatoms. The fourth-order valence-electron chi connectivity index (χ4n) is 3.61. The second-order valence-electron chi connectivity index (χ2n) is 7.64. The minimum Gasteiger partial charge on any atom is -0.273 e. The Balaban J connectivity index is 1.51. The smallest absolute Gasteiger partial charge is 0.273 e. The van der Waals surface area contributed by atoms with E-state index in [9.17, 15) is 18.0 Å². The number of carbonyl (C=O) groups is 2. The van der Waals surface area contributed by atoms with Crippen LogP contribution in [0.4, 0.5) is 0 Å². The molecule has 166 valence electrons. The zero-order chi connectivity index (χ0) is 22.7. The number of aromatic nitrogens is 2. The van der Waals surface area contributed by atoms with Crippen LogP contribution in [0.2, 0.25) is 5.02 Å². The number of carbonyl (C=O) groups excluding carboxylic acids is 2. The van der Waals surface area contributed by atoms with Crippen LogP contribution in [0.25, 0.3) is 16.9 Å². The summed E-state index contributed by atoms with van der Waals surface area (Å²) in [6, 6.07) is 17.9. The maximum absolute atomic E-state index is 12.9. The maximum Gasteiger partial charge on any atom is 0.288 e. The van der Waals surface area contributed by atoms with Crippen molar-refractivity contribution in [2.45, 2.75) is 12.8 Å². The Kier molecular flexibility index (Phi) is 6.29. The molecular formula is C22H21ClN4O4S. The monoisotopic (exact) mass is 472 g/mol. The fraction of sp³-hybridized carbons (Fsp3) is 0.227. The molecule has 1 atom stereocenters. The lowest BCUT2D eigenvalue weighted by Gasteiger charge is -2.11. The number of nitrogens with zero attached hydrogens (tertiary/aromatic N) is 2. The normalized spacial score (nSPS) is 17.1. The summed E-state index contributed by atoms with van der Waals surface area (Å²) in [6.07, 6.45) is 0.489. The molecule has 4 rings (SSSR count). The molecule has 2 aromatic carbocycles. The van der Waals surface area contributed by atoms with Gasteiger partial charge in [0.2, 0.25) is 5.91 Å². The molecule has 8 nitrogen and oxygen atoms in total. The first-order valence-corrected chi connectivity index (χ1v) is 12.2. The highest BCUT2D eigenvalue weighted by atomic mass is 35.5. The lowest BCUT2D eigenvalue weighted by atomic mass is 10.1. The molecule has 1 aliphatic heterocycles. The molecule has 1 unspecified atom stereocenters. The van der Waals surface area contributed by atoms with Crippen molar-refractivity contribution in [3.8, 4) is 16.9 Å². The minimum absolute atomic E-state index is 0.000400. The van der Waals surface area contributed by atoms with Gasteiger partial charge in [0, 0.05) is 17.0 Å². The van der Waals surface area contributed by atoms with Gasteiger partial charge in [0.15, 0.2) is 9.84 Å². The van der Waals surface area contributed by atoms with Crippen LogP contribution in [-0.2, 0) is 14.6 Å². The van der Waals surface area contributed by atoms with Gasteiger partial charge >= 0.3 is 0 Å². The first kappa shape index (κ1) is 22.0. The summed E-state index contributed by atoms with van der Waals surface area (Å²) in [6.45, 7) is 0. The molecule has 1 aliphatic rings. The third kappa shape index (κ3) is 5.17. The van der Waals surface area contributed by atoms with Crippen LogP contribution in [0.5, 0.6) is 0 Å². The van der Waals surface area contributed by atoms with E-state index < -0.39 is 21.7 Å². The third-order valence-corrected chi connectivity index (χ3v) is 7.29. The van der Waals surface area contributed by atoms with Crippen molar-refractivity contribution in [1.29, 1.82) is 0 Å². The van der Waals surface area contributed by atoms with Gasteiger partial charge in [-0.25, -0.2) is 13.1 Å². The van der Waals surface area contributed by atoms with Crippen LogP contribution in [-0.4, -0.2) is 41.5 Å². The molecule has 0 bridgehead atoms. The molecule has 32 heavy (non-hydrogen) atoms. The van der Waals surface area contributed by atoms with Crippen LogP contribution in [0, 0.1) is 5.92 Å². The average molecular weight is 473 g/mol. The van der Waals surface area contributed by atoms with Gasteiger partial charge in [-0.2, -0.15) is 5.10 Å². The maximum atomic E-state index is 12.9. The Morgan fingerprint density at radius 3 is 2.44 bits per heavy atom. The first-order valence-electron chi connectivity index (χ1n) is 10.0. The summed E-state index contributed by atoms with van der Waals surface area (Å²) in [7, 11) is -3.07. The van der Waals surface area contributed by atoms with Gasteiger partial charge in [-0.15, -0.1) is 0 Å². The number of hydrazine groups is 1. The lowest BCUT2D eigenvalue weighted by molar-refractivity contribution is -0.122. The largest absolute Gasteiger partial charge is 0.288 e. The molecule has 0 spiro atoms. The van der Waals surface area contributed by atoms with E-state index in [4.69, 9.17) is 11.6 Å². The highest BCUT2D eigenvalue weighted by Crippen LogP contribution is 2.24. The van der Waals surface area contributed by atoms with E-state index in [-0.39, 0.29) is 29.5 Å². The molecule has 1 fully saturated rings. The van der Waals surface area contributed by atoms with E-state index in [0.717, 1.165) is 5.56 Å². The number of halogens is 1. The Hall–Kier alpha value is -3.17. The van der Waals surface area contributed by atoms with Crippen LogP contribution >= 0.6 is 11.6 Å². The van der Waals surface area contributed by atoms with Crippen LogP contribution in [0.3, 0.4) is 0 Å². The number of sulfone groups is 1. The zero-order valence-electron chi connectivity index (χ0n) is 17.0. The van der Waals surface area contributed by atoms with Gasteiger partial charge in [0.05, 0.1) is 22.9 Å². The van der Waals surface area contributed by atoms with E-state index in [2.05, 4.69) is 16.0 Å². The Labute approximate surface area is 190 Å². The zero-order valence-corrected chi connectivity index (χ0v) is 18.6. The average Bonchev–Trinajstić information content (AvgIpc) is 3.36. The van der Waals surface area contributed by atoms with E-state index in [1.54, 1.807) is 30.3 Å². The minimum atomic E-state index is -3.07. The molecule has 1 saturated heterocycles. The highest BCUT2D eigenvalue weighted by molar-refractivity contribution is 7.91. The van der Waals surface area contributed by atoms with Gasteiger partial charge in [0.1, 0.15) is 5.69 Å². The van der Waals surface area contributed by atoms with E-state index in [0.29, 0.717) is 22.8 Å². The molecule has 2 N–H and O–H groups in total.